The summed E-state index contributed by atoms with van der Waals surface area (Å²) in [5, 5.41) is 16.8. The number of nitriles is 1. The number of aromatic nitrogens is 5. The van der Waals surface area contributed by atoms with Gasteiger partial charge in [0.2, 0.25) is 0 Å². The van der Waals surface area contributed by atoms with Crippen molar-refractivity contribution in [2.24, 2.45) is 0 Å². The van der Waals surface area contributed by atoms with Crippen LogP contribution in [-0.4, -0.2) is 55.4 Å². The van der Waals surface area contributed by atoms with Crippen LogP contribution in [-0.2, 0) is 23.6 Å². The number of halogens is 1. The molecule has 2 atom stereocenters. The predicted molar refractivity (Wildman–Crippen MR) is 175 cm³/mol. The summed E-state index contributed by atoms with van der Waals surface area (Å²) in [5.74, 6) is 3.01. The second-order valence-corrected chi connectivity index (χ2v) is 13.6. The van der Waals surface area contributed by atoms with Gasteiger partial charge in [-0.15, -0.1) is 0 Å². The molecule has 0 spiro atoms. The van der Waals surface area contributed by atoms with Crippen LogP contribution in [0.2, 0.25) is 0 Å². The van der Waals surface area contributed by atoms with E-state index in [1.807, 2.05) is 18.2 Å². The van der Waals surface area contributed by atoms with Gasteiger partial charge in [0.05, 0.1) is 47.4 Å². The number of likely N-dealkylation sites (tertiary alicyclic amines) is 1. The van der Waals surface area contributed by atoms with Crippen LogP contribution < -0.4 is 9.47 Å². The van der Waals surface area contributed by atoms with Crippen LogP contribution in [0.1, 0.15) is 79.2 Å². The molecule has 9 rings (SSSR count). The fourth-order valence-electron chi connectivity index (χ4n) is 7.35. The summed E-state index contributed by atoms with van der Waals surface area (Å²) < 4.78 is 35.8. The Bertz CT molecular complexity index is 2070. The Hall–Kier alpha value is -4.79. The van der Waals surface area contributed by atoms with Gasteiger partial charge in [-0.25, -0.2) is 14.4 Å². The van der Waals surface area contributed by atoms with E-state index in [0.717, 1.165) is 91.7 Å². The average molecular weight is 646 g/mol. The Morgan fingerprint density at radius 3 is 2.60 bits per heavy atom. The van der Waals surface area contributed by atoms with E-state index in [-0.39, 0.29) is 23.1 Å². The van der Waals surface area contributed by atoms with E-state index in [2.05, 4.69) is 43.9 Å². The number of H-pyrrole nitrogens is 1. The molecule has 3 fully saturated rings. The molecule has 2 aromatic heterocycles. The number of benzene rings is 3. The smallest absolute Gasteiger partial charge is 0.278 e. The van der Waals surface area contributed by atoms with Crippen molar-refractivity contribution in [2.45, 2.75) is 75.8 Å². The van der Waals surface area contributed by atoms with Crippen LogP contribution in [0.5, 0.6) is 11.5 Å². The predicted octanol–water partition coefficient (Wildman–Crippen LogP) is 6.52. The third kappa shape index (κ3) is 5.20. The number of nitrogens with zero attached hydrogens (tertiary/aromatic N) is 6. The SMILES string of the molecule is CC1(c2ccc(C#N)cc2F)Oc2cccc(C3CCN(Cc4nc5cc(-c6n[nH]c(C7CC7)n6)ccc5n4CC4CCO4)CC3)c2O1. The van der Waals surface area contributed by atoms with E-state index in [1.54, 1.807) is 19.1 Å². The molecule has 1 aliphatic carbocycles. The minimum atomic E-state index is -1.31. The first-order chi connectivity index (χ1) is 23.4. The molecular weight excluding hydrogens is 609 g/mol. The molecule has 3 aromatic carbocycles. The quantitative estimate of drug-likeness (QED) is 0.203. The summed E-state index contributed by atoms with van der Waals surface area (Å²) in [4.78, 5) is 12.4. The number of aromatic amines is 1. The molecule has 0 bridgehead atoms. The van der Waals surface area contributed by atoms with Crippen molar-refractivity contribution in [1.82, 2.24) is 29.6 Å². The highest BCUT2D eigenvalue weighted by atomic mass is 19.1. The van der Waals surface area contributed by atoms with E-state index in [4.69, 9.17) is 29.4 Å². The standard InChI is InChI=1S/C37H36FN7O3/c1-37(28-9-5-22(19-39)17-29(28)38)47-32-4-2-3-27(34(32)48-37)23-11-14-44(15-12-23)21-33-40-30-18-25(36-41-35(42-43-36)24-6-7-24)8-10-31(30)45(33)20-26-13-16-46-26/h2-5,8-10,17-18,23-24,26H,6-7,11-16,20-21H2,1H3,(H,41,42,43). The van der Waals surface area contributed by atoms with Gasteiger partial charge in [0, 0.05) is 30.6 Å². The van der Waals surface area contributed by atoms with Crippen LogP contribution in [0.4, 0.5) is 4.39 Å². The molecule has 11 heteroatoms. The lowest BCUT2D eigenvalue weighted by Crippen LogP contribution is -2.35. The number of hydrogen-bond donors (Lipinski definition) is 1. The molecule has 0 amide bonds. The fraction of sp³-hybridized carbons (Fsp3) is 0.405. The maximum atomic E-state index is 15.0. The number of imidazole rings is 1. The first-order valence-electron chi connectivity index (χ1n) is 16.9. The molecule has 3 aliphatic heterocycles. The van der Waals surface area contributed by atoms with E-state index in [9.17, 15) is 0 Å². The van der Waals surface area contributed by atoms with E-state index in [0.29, 0.717) is 17.4 Å². The summed E-state index contributed by atoms with van der Waals surface area (Å²) in [6, 6.07) is 18.7. The molecular formula is C37H36FN7O3. The van der Waals surface area contributed by atoms with Gasteiger partial charge in [-0.1, -0.05) is 12.1 Å². The second-order valence-electron chi connectivity index (χ2n) is 13.6. The van der Waals surface area contributed by atoms with Crippen molar-refractivity contribution in [3.63, 3.8) is 0 Å². The largest absolute Gasteiger partial charge is 0.444 e. The third-order valence-electron chi connectivity index (χ3n) is 10.3. The number of ether oxygens (including phenoxy) is 3. The number of piperidine rings is 1. The van der Waals surface area contributed by atoms with Crippen LogP contribution in [0.25, 0.3) is 22.4 Å². The molecule has 1 saturated carbocycles. The highest BCUT2D eigenvalue weighted by Gasteiger charge is 2.43. The molecule has 2 unspecified atom stereocenters. The van der Waals surface area contributed by atoms with Crippen LogP contribution in [0.15, 0.2) is 54.6 Å². The molecule has 5 heterocycles. The first kappa shape index (κ1) is 29.4. The van der Waals surface area contributed by atoms with Crippen LogP contribution in [0.3, 0.4) is 0 Å². The van der Waals surface area contributed by atoms with Crippen LogP contribution in [0, 0.1) is 17.1 Å². The highest BCUT2D eigenvalue weighted by Crippen LogP contribution is 2.50. The number of rotatable bonds is 8. The van der Waals surface area contributed by atoms with Crippen molar-refractivity contribution in [2.75, 3.05) is 19.7 Å². The fourth-order valence-corrected chi connectivity index (χ4v) is 7.35. The van der Waals surface area contributed by atoms with Crippen molar-refractivity contribution in [1.29, 1.82) is 5.26 Å². The van der Waals surface area contributed by atoms with Gasteiger partial charge in [-0.2, -0.15) is 10.4 Å². The minimum Gasteiger partial charge on any atom is -0.444 e. The van der Waals surface area contributed by atoms with Gasteiger partial charge >= 0.3 is 0 Å². The van der Waals surface area contributed by atoms with Crippen LogP contribution >= 0.6 is 0 Å². The number of hydrogen-bond acceptors (Lipinski definition) is 8. The summed E-state index contributed by atoms with van der Waals surface area (Å²) in [7, 11) is 0. The van der Waals surface area contributed by atoms with Crippen molar-refractivity contribution < 1.29 is 18.6 Å². The van der Waals surface area contributed by atoms with E-state index < -0.39 is 11.6 Å². The molecule has 48 heavy (non-hydrogen) atoms. The Labute approximate surface area is 277 Å². The lowest BCUT2D eigenvalue weighted by molar-refractivity contribution is -0.0712. The van der Waals surface area contributed by atoms with Gasteiger partial charge in [-0.05, 0) is 93.6 Å². The Kier molecular flexibility index (Phi) is 6.99. The van der Waals surface area contributed by atoms with Gasteiger partial charge < -0.3 is 18.8 Å². The van der Waals surface area contributed by atoms with Gasteiger partial charge in [0.15, 0.2) is 17.3 Å². The minimum absolute atomic E-state index is 0.214. The molecule has 5 aromatic rings. The Balaban J connectivity index is 0.922. The number of fused-ring (bicyclic) bond motifs is 2. The van der Waals surface area contributed by atoms with Crippen molar-refractivity contribution in [3.05, 3.63) is 88.8 Å². The molecule has 4 aliphatic rings. The van der Waals surface area contributed by atoms with Crippen molar-refractivity contribution in [3.8, 4) is 29.0 Å². The molecule has 244 valence electrons. The lowest BCUT2D eigenvalue weighted by atomic mass is 9.88. The van der Waals surface area contributed by atoms with Gasteiger partial charge in [0.1, 0.15) is 17.5 Å². The van der Waals surface area contributed by atoms with E-state index in [1.165, 1.54) is 18.9 Å². The third-order valence-corrected chi connectivity index (χ3v) is 10.3. The highest BCUT2D eigenvalue weighted by molar-refractivity contribution is 5.81. The molecule has 0 radical (unpaired) electrons. The average Bonchev–Trinajstić information content (AvgIpc) is 3.54. The molecule has 2 saturated heterocycles. The molecule has 1 N–H and O–H groups in total. The maximum absolute atomic E-state index is 15.0. The van der Waals surface area contributed by atoms with E-state index >= 15 is 4.39 Å². The Morgan fingerprint density at radius 2 is 1.85 bits per heavy atom. The second kappa shape index (κ2) is 11.4. The van der Waals surface area contributed by atoms with Crippen molar-refractivity contribution >= 4 is 11.0 Å². The molecule has 10 nitrogen and oxygen atoms in total. The zero-order valence-corrected chi connectivity index (χ0v) is 26.8. The first-order valence-corrected chi connectivity index (χ1v) is 16.9. The van der Waals surface area contributed by atoms with Gasteiger partial charge in [0.25, 0.3) is 5.79 Å². The summed E-state index contributed by atoms with van der Waals surface area (Å²) in [5.41, 5.74) is 4.65. The van der Waals surface area contributed by atoms with Gasteiger partial charge in [-0.3, -0.25) is 10.00 Å². The number of para-hydroxylation sites is 1. The topological polar surface area (TPSA) is 114 Å². The summed E-state index contributed by atoms with van der Waals surface area (Å²) in [6.45, 7) is 5.90. The summed E-state index contributed by atoms with van der Waals surface area (Å²) in [6.07, 6.45) is 5.54. The zero-order chi connectivity index (χ0) is 32.4. The normalized spacial score (nSPS) is 22.6. The maximum Gasteiger partial charge on any atom is 0.278 e. The zero-order valence-electron chi connectivity index (χ0n) is 26.8. The monoisotopic (exact) mass is 645 g/mol. The number of nitrogens with one attached hydrogen (secondary N) is 1. The lowest BCUT2D eigenvalue weighted by Gasteiger charge is -2.33. The summed E-state index contributed by atoms with van der Waals surface area (Å²) >= 11 is 0. The Morgan fingerprint density at radius 1 is 1.00 bits per heavy atom.